The summed E-state index contributed by atoms with van der Waals surface area (Å²) < 4.78 is 0. The molecule has 2 aromatic rings. The van der Waals surface area contributed by atoms with E-state index in [4.69, 9.17) is 10.4 Å². The average Bonchev–Trinajstić information content (AvgIpc) is 2.41. The number of nitriles is 1. The van der Waals surface area contributed by atoms with Gasteiger partial charge in [0.1, 0.15) is 11.8 Å². The van der Waals surface area contributed by atoms with Gasteiger partial charge in [0.25, 0.3) is 0 Å². The van der Waals surface area contributed by atoms with Crippen LogP contribution >= 0.6 is 11.8 Å². The van der Waals surface area contributed by atoms with Crippen molar-refractivity contribution in [2.75, 3.05) is 0 Å². The van der Waals surface area contributed by atoms with E-state index < -0.39 is 5.97 Å². The van der Waals surface area contributed by atoms with Crippen molar-refractivity contribution in [1.82, 2.24) is 0 Å². The van der Waals surface area contributed by atoms with E-state index in [1.807, 2.05) is 6.07 Å². The lowest BCUT2D eigenvalue weighted by Gasteiger charge is -2.03. The molecule has 0 bridgehead atoms. The molecule has 94 valence electrons. The Labute approximate surface area is 113 Å². The van der Waals surface area contributed by atoms with E-state index in [1.54, 1.807) is 24.3 Å². The maximum Gasteiger partial charge on any atom is 0.335 e. The van der Waals surface area contributed by atoms with Crippen molar-refractivity contribution in [3.63, 3.8) is 0 Å². The number of aromatic hydroxyl groups is 1. The highest BCUT2D eigenvalue weighted by Gasteiger charge is 2.05. The number of hydrogen-bond donors (Lipinski definition) is 2. The Bertz CT molecular complexity index is 659. The zero-order valence-corrected chi connectivity index (χ0v) is 10.5. The minimum Gasteiger partial charge on any atom is -0.507 e. The van der Waals surface area contributed by atoms with Crippen molar-refractivity contribution in [3.05, 3.63) is 53.6 Å². The van der Waals surface area contributed by atoms with Gasteiger partial charge in [-0.3, -0.25) is 0 Å². The van der Waals surface area contributed by atoms with Crippen molar-refractivity contribution < 1.29 is 15.0 Å². The number of carboxylic acids is 1. The van der Waals surface area contributed by atoms with Gasteiger partial charge in [-0.05, 0) is 42.5 Å². The highest BCUT2D eigenvalue weighted by Crippen LogP contribution is 2.30. The zero-order chi connectivity index (χ0) is 13.8. The van der Waals surface area contributed by atoms with E-state index in [1.165, 1.54) is 30.0 Å². The molecule has 0 unspecified atom stereocenters. The Kier molecular flexibility index (Phi) is 3.74. The van der Waals surface area contributed by atoms with Crippen molar-refractivity contribution in [1.29, 1.82) is 5.26 Å². The number of benzene rings is 2. The van der Waals surface area contributed by atoms with Crippen LogP contribution in [0.25, 0.3) is 0 Å². The number of carboxylic acid groups (broad SMARTS) is 1. The van der Waals surface area contributed by atoms with Crippen LogP contribution in [0.2, 0.25) is 0 Å². The summed E-state index contributed by atoms with van der Waals surface area (Å²) in [6.45, 7) is 0. The van der Waals surface area contributed by atoms with Gasteiger partial charge in [0.05, 0.1) is 11.1 Å². The second-order valence-electron chi connectivity index (χ2n) is 3.72. The minimum atomic E-state index is -0.965. The number of phenolic OH excluding ortho intramolecular Hbond substituents is 1. The topological polar surface area (TPSA) is 81.3 Å². The molecule has 0 aromatic heterocycles. The number of nitrogens with zero attached hydrogens (tertiary/aromatic N) is 1. The van der Waals surface area contributed by atoms with Gasteiger partial charge in [-0.15, -0.1) is 0 Å². The van der Waals surface area contributed by atoms with Gasteiger partial charge in [0, 0.05) is 9.79 Å². The first-order valence-corrected chi connectivity index (χ1v) is 6.16. The molecule has 0 spiro atoms. The minimum absolute atomic E-state index is 0.0481. The Morgan fingerprint density at radius 3 is 2.32 bits per heavy atom. The molecule has 0 aliphatic rings. The molecule has 2 rings (SSSR count). The first-order chi connectivity index (χ1) is 9.10. The third kappa shape index (κ3) is 3.06. The molecule has 0 fully saturated rings. The van der Waals surface area contributed by atoms with Crippen LogP contribution in [-0.4, -0.2) is 16.2 Å². The van der Waals surface area contributed by atoms with Gasteiger partial charge in [0.2, 0.25) is 0 Å². The first kappa shape index (κ1) is 13.0. The summed E-state index contributed by atoms with van der Waals surface area (Å²) in [5, 5.41) is 27.0. The number of phenols is 1. The fraction of sp³-hybridized carbons (Fsp3) is 0. The summed E-state index contributed by atoms with van der Waals surface area (Å²) in [5.41, 5.74) is 0.444. The van der Waals surface area contributed by atoms with Crippen molar-refractivity contribution >= 4 is 17.7 Å². The number of hydrogen-bond acceptors (Lipinski definition) is 4. The maximum absolute atomic E-state index is 10.7. The summed E-state index contributed by atoms with van der Waals surface area (Å²) in [7, 11) is 0. The highest BCUT2D eigenvalue weighted by molar-refractivity contribution is 7.99. The molecule has 0 saturated carbocycles. The van der Waals surface area contributed by atoms with E-state index in [-0.39, 0.29) is 16.9 Å². The molecule has 0 heterocycles. The first-order valence-electron chi connectivity index (χ1n) is 5.34. The number of rotatable bonds is 3. The predicted molar refractivity (Wildman–Crippen MR) is 70.3 cm³/mol. The van der Waals surface area contributed by atoms with E-state index in [9.17, 15) is 9.90 Å². The molecule has 0 radical (unpaired) electrons. The third-order valence-corrected chi connectivity index (χ3v) is 3.42. The molecule has 0 atom stereocenters. The van der Waals surface area contributed by atoms with Crippen molar-refractivity contribution in [3.8, 4) is 11.8 Å². The predicted octanol–water partition coefficient (Wildman–Crippen LogP) is 3.11. The fourth-order valence-corrected chi connectivity index (χ4v) is 2.33. The fourth-order valence-electron chi connectivity index (χ4n) is 1.47. The Hall–Kier alpha value is -2.45. The molecule has 0 aliphatic carbocycles. The average molecular weight is 271 g/mol. The maximum atomic E-state index is 10.7. The molecule has 4 nitrogen and oxygen atoms in total. The van der Waals surface area contributed by atoms with Crippen molar-refractivity contribution in [2.24, 2.45) is 0 Å². The molecule has 2 aromatic carbocycles. The van der Waals surface area contributed by atoms with Crippen LogP contribution in [0.3, 0.4) is 0 Å². The zero-order valence-electron chi connectivity index (χ0n) is 9.70. The lowest BCUT2D eigenvalue weighted by molar-refractivity contribution is 0.0697. The van der Waals surface area contributed by atoms with Gasteiger partial charge in [0.15, 0.2) is 0 Å². The molecular formula is C14H9NO3S. The highest BCUT2D eigenvalue weighted by atomic mass is 32.2. The standard InChI is InChI=1S/C14H9NO3S/c15-8-10-7-12(5-6-13(10)16)19-11-3-1-9(2-4-11)14(17)18/h1-7,16H,(H,17,18). The quantitative estimate of drug-likeness (QED) is 0.896. The van der Waals surface area contributed by atoms with E-state index in [0.717, 1.165) is 9.79 Å². The van der Waals surface area contributed by atoms with Crippen LogP contribution in [0.4, 0.5) is 0 Å². The van der Waals surface area contributed by atoms with Gasteiger partial charge in [-0.25, -0.2) is 4.79 Å². The second kappa shape index (κ2) is 5.46. The van der Waals surface area contributed by atoms with Crippen LogP contribution < -0.4 is 0 Å². The van der Waals surface area contributed by atoms with Crippen LogP contribution in [0.1, 0.15) is 15.9 Å². The van der Waals surface area contributed by atoms with Crippen molar-refractivity contribution in [2.45, 2.75) is 9.79 Å². The van der Waals surface area contributed by atoms with Gasteiger partial charge >= 0.3 is 5.97 Å². The Morgan fingerprint density at radius 2 is 1.74 bits per heavy atom. The van der Waals surface area contributed by atoms with Crippen LogP contribution in [-0.2, 0) is 0 Å². The summed E-state index contributed by atoms with van der Waals surface area (Å²) in [6.07, 6.45) is 0. The second-order valence-corrected chi connectivity index (χ2v) is 4.87. The molecule has 19 heavy (non-hydrogen) atoms. The lowest BCUT2D eigenvalue weighted by atomic mass is 10.2. The molecule has 0 amide bonds. The van der Waals surface area contributed by atoms with Crippen LogP contribution in [0, 0.1) is 11.3 Å². The Balaban J connectivity index is 2.22. The van der Waals surface area contributed by atoms with E-state index in [0.29, 0.717) is 0 Å². The Morgan fingerprint density at radius 1 is 1.11 bits per heavy atom. The van der Waals surface area contributed by atoms with Gasteiger partial charge in [-0.1, -0.05) is 11.8 Å². The van der Waals surface area contributed by atoms with Gasteiger partial charge in [-0.2, -0.15) is 5.26 Å². The SMILES string of the molecule is N#Cc1cc(Sc2ccc(C(=O)O)cc2)ccc1O. The summed E-state index contributed by atoms with van der Waals surface area (Å²) >= 11 is 1.39. The van der Waals surface area contributed by atoms with E-state index in [2.05, 4.69) is 0 Å². The third-order valence-electron chi connectivity index (χ3n) is 2.43. The molecular weight excluding hydrogens is 262 g/mol. The largest absolute Gasteiger partial charge is 0.507 e. The normalized spacial score (nSPS) is 9.84. The van der Waals surface area contributed by atoms with Crippen LogP contribution in [0.5, 0.6) is 5.75 Å². The lowest BCUT2D eigenvalue weighted by Crippen LogP contribution is -1.94. The molecule has 0 aliphatic heterocycles. The summed E-state index contributed by atoms with van der Waals surface area (Å²) in [6, 6.07) is 13.1. The molecule has 5 heteroatoms. The summed E-state index contributed by atoms with van der Waals surface area (Å²) in [5.74, 6) is -1.01. The van der Waals surface area contributed by atoms with Crippen LogP contribution in [0.15, 0.2) is 52.3 Å². The number of aromatic carboxylic acids is 1. The number of carbonyl (C=O) groups is 1. The smallest absolute Gasteiger partial charge is 0.335 e. The molecule has 2 N–H and O–H groups in total. The van der Waals surface area contributed by atoms with E-state index >= 15 is 0 Å². The summed E-state index contributed by atoms with van der Waals surface area (Å²) in [4.78, 5) is 12.4. The molecule has 0 saturated heterocycles. The monoisotopic (exact) mass is 271 g/mol. The van der Waals surface area contributed by atoms with Gasteiger partial charge < -0.3 is 10.2 Å².